The highest BCUT2D eigenvalue weighted by Crippen LogP contribution is 2.21. The van der Waals surface area contributed by atoms with Crippen molar-refractivity contribution in [3.8, 4) is 0 Å². The molecule has 0 aliphatic carbocycles. The van der Waals surface area contributed by atoms with Gasteiger partial charge in [-0.2, -0.15) is 11.8 Å². The van der Waals surface area contributed by atoms with Crippen LogP contribution in [0.15, 0.2) is 17.0 Å². The summed E-state index contributed by atoms with van der Waals surface area (Å²) in [7, 11) is -3.77. The number of nitrogens with one attached hydrogen (secondary N) is 1. The van der Waals surface area contributed by atoms with Crippen molar-refractivity contribution in [3.05, 3.63) is 29.1 Å². The number of rotatable bonds is 7. The molecule has 0 saturated heterocycles. The minimum atomic E-state index is -3.77. The van der Waals surface area contributed by atoms with Gasteiger partial charge in [0, 0.05) is 12.1 Å². The summed E-state index contributed by atoms with van der Waals surface area (Å²) in [5.41, 5.74) is 0.304. The summed E-state index contributed by atoms with van der Waals surface area (Å²) in [5.74, 6) is 0.395. The van der Waals surface area contributed by atoms with Gasteiger partial charge in [-0.3, -0.25) is 0 Å². The Hall–Kier alpha value is -0.630. The van der Waals surface area contributed by atoms with Crippen LogP contribution in [-0.2, 0) is 16.6 Å². The summed E-state index contributed by atoms with van der Waals surface area (Å²) in [6.45, 7) is 3.25. The topological polar surface area (TPSA) is 66.4 Å². The van der Waals surface area contributed by atoms with Gasteiger partial charge in [0.25, 0.3) is 0 Å². The highest BCUT2D eigenvalue weighted by Gasteiger charge is 2.20. The van der Waals surface area contributed by atoms with E-state index in [1.807, 2.05) is 13.2 Å². The van der Waals surface area contributed by atoms with E-state index < -0.39 is 22.4 Å². The molecule has 0 radical (unpaired) electrons. The maximum absolute atomic E-state index is 13.7. The van der Waals surface area contributed by atoms with E-state index in [0.29, 0.717) is 6.54 Å². The Morgan fingerprint density at radius 2 is 2.10 bits per heavy atom. The SMILES string of the molecule is CSCC(C)CNS(=O)(=O)c1cc(CO)cc(F)c1C. The number of hydrogen-bond donors (Lipinski definition) is 2. The summed E-state index contributed by atoms with van der Waals surface area (Å²) < 4.78 is 40.6. The molecule has 7 heteroatoms. The van der Waals surface area contributed by atoms with Crippen LogP contribution in [0, 0.1) is 18.7 Å². The molecule has 1 rings (SSSR count). The number of hydrogen-bond acceptors (Lipinski definition) is 4. The third kappa shape index (κ3) is 4.44. The molecule has 2 N–H and O–H groups in total. The van der Waals surface area contributed by atoms with Crippen LogP contribution in [0.3, 0.4) is 0 Å². The fourth-order valence-electron chi connectivity index (χ4n) is 1.75. The van der Waals surface area contributed by atoms with E-state index >= 15 is 0 Å². The number of aliphatic hydroxyl groups is 1. The van der Waals surface area contributed by atoms with Crippen LogP contribution in [0.2, 0.25) is 0 Å². The van der Waals surface area contributed by atoms with E-state index in [1.54, 1.807) is 11.8 Å². The molecule has 0 aromatic heterocycles. The normalized spacial score (nSPS) is 13.4. The molecule has 114 valence electrons. The number of sulfonamides is 1. The Bertz CT molecular complexity index is 561. The fourth-order valence-corrected chi connectivity index (χ4v) is 3.90. The number of aliphatic hydroxyl groups excluding tert-OH is 1. The van der Waals surface area contributed by atoms with E-state index in [1.165, 1.54) is 13.0 Å². The first kappa shape index (κ1) is 17.4. The molecule has 0 heterocycles. The summed E-state index contributed by atoms with van der Waals surface area (Å²) >= 11 is 1.64. The van der Waals surface area contributed by atoms with Crippen molar-refractivity contribution in [1.82, 2.24) is 4.72 Å². The zero-order valence-corrected chi connectivity index (χ0v) is 13.4. The summed E-state index contributed by atoms with van der Waals surface area (Å²) in [5, 5.41) is 9.05. The maximum atomic E-state index is 13.7. The van der Waals surface area contributed by atoms with Gasteiger partial charge in [-0.1, -0.05) is 6.92 Å². The summed E-state index contributed by atoms with van der Waals surface area (Å²) in [6.07, 6.45) is 1.95. The lowest BCUT2D eigenvalue weighted by Gasteiger charge is -2.14. The molecular weight excluding hydrogens is 301 g/mol. The highest BCUT2D eigenvalue weighted by atomic mass is 32.2. The summed E-state index contributed by atoms with van der Waals surface area (Å²) in [6, 6.07) is 2.45. The quantitative estimate of drug-likeness (QED) is 0.805. The Labute approximate surface area is 123 Å². The van der Waals surface area contributed by atoms with Crippen LogP contribution in [0.4, 0.5) is 4.39 Å². The molecule has 0 fully saturated rings. The molecule has 1 aromatic carbocycles. The van der Waals surface area contributed by atoms with Gasteiger partial charge in [-0.05, 0) is 42.5 Å². The highest BCUT2D eigenvalue weighted by molar-refractivity contribution is 7.98. The molecule has 0 saturated carbocycles. The van der Waals surface area contributed by atoms with E-state index in [9.17, 15) is 12.8 Å². The second-order valence-electron chi connectivity index (χ2n) is 4.77. The zero-order chi connectivity index (χ0) is 15.3. The lowest BCUT2D eigenvalue weighted by atomic mass is 10.1. The van der Waals surface area contributed by atoms with Gasteiger partial charge >= 0.3 is 0 Å². The minimum Gasteiger partial charge on any atom is -0.392 e. The second-order valence-corrected chi connectivity index (χ2v) is 7.42. The van der Waals surface area contributed by atoms with Crippen LogP contribution in [0.25, 0.3) is 0 Å². The predicted molar refractivity (Wildman–Crippen MR) is 79.8 cm³/mol. The van der Waals surface area contributed by atoms with Crippen molar-refractivity contribution in [2.24, 2.45) is 5.92 Å². The molecule has 4 nitrogen and oxygen atoms in total. The molecule has 1 atom stereocenters. The van der Waals surface area contributed by atoms with Crippen molar-refractivity contribution < 1.29 is 17.9 Å². The van der Waals surface area contributed by atoms with Crippen LogP contribution in [0.1, 0.15) is 18.1 Å². The molecule has 0 bridgehead atoms. The Balaban J connectivity index is 3.00. The van der Waals surface area contributed by atoms with Gasteiger partial charge < -0.3 is 5.11 Å². The predicted octanol–water partition coefficient (Wildman–Crippen LogP) is 1.90. The van der Waals surface area contributed by atoms with Crippen LogP contribution >= 0.6 is 11.8 Å². The fraction of sp³-hybridized carbons (Fsp3) is 0.538. The molecule has 1 unspecified atom stereocenters. The van der Waals surface area contributed by atoms with Gasteiger partial charge in [0.2, 0.25) is 10.0 Å². The van der Waals surface area contributed by atoms with E-state index in [4.69, 9.17) is 5.11 Å². The molecular formula is C13H20FNO3S2. The number of halogens is 1. The Morgan fingerprint density at radius 3 is 2.65 bits per heavy atom. The Kier molecular flexibility index (Phi) is 6.44. The van der Waals surface area contributed by atoms with Crippen molar-refractivity contribution in [1.29, 1.82) is 0 Å². The average molecular weight is 321 g/mol. The Morgan fingerprint density at radius 1 is 1.45 bits per heavy atom. The first-order valence-electron chi connectivity index (χ1n) is 6.20. The lowest BCUT2D eigenvalue weighted by Crippen LogP contribution is -2.30. The van der Waals surface area contributed by atoms with Crippen molar-refractivity contribution in [2.75, 3.05) is 18.6 Å². The van der Waals surface area contributed by atoms with Crippen LogP contribution in [-0.4, -0.2) is 32.1 Å². The van der Waals surface area contributed by atoms with E-state index in [-0.39, 0.29) is 21.9 Å². The van der Waals surface area contributed by atoms with Crippen molar-refractivity contribution >= 4 is 21.8 Å². The van der Waals surface area contributed by atoms with E-state index in [0.717, 1.165) is 11.8 Å². The van der Waals surface area contributed by atoms with Crippen LogP contribution in [0.5, 0.6) is 0 Å². The first-order chi connectivity index (χ1) is 9.31. The van der Waals surface area contributed by atoms with Crippen LogP contribution < -0.4 is 4.72 Å². The first-order valence-corrected chi connectivity index (χ1v) is 9.08. The molecule has 0 aliphatic rings. The van der Waals surface area contributed by atoms with Gasteiger partial charge in [-0.15, -0.1) is 0 Å². The van der Waals surface area contributed by atoms with Gasteiger partial charge in [0.1, 0.15) is 5.82 Å². The third-order valence-electron chi connectivity index (χ3n) is 2.90. The third-order valence-corrected chi connectivity index (χ3v) is 5.35. The van der Waals surface area contributed by atoms with E-state index in [2.05, 4.69) is 4.72 Å². The minimum absolute atomic E-state index is 0.0622. The molecule has 0 spiro atoms. The van der Waals surface area contributed by atoms with Gasteiger partial charge in [0.05, 0.1) is 11.5 Å². The monoisotopic (exact) mass is 321 g/mol. The zero-order valence-electron chi connectivity index (χ0n) is 11.8. The van der Waals surface area contributed by atoms with Crippen molar-refractivity contribution in [3.63, 3.8) is 0 Å². The molecule has 20 heavy (non-hydrogen) atoms. The molecule has 0 amide bonds. The largest absolute Gasteiger partial charge is 0.392 e. The number of thioether (sulfide) groups is 1. The lowest BCUT2D eigenvalue weighted by molar-refractivity contribution is 0.281. The standard InChI is InChI=1S/C13H20FNO3S2/c1-9(8-19-3)6-15-20(17,18)13-5-11(7-16)4-12(14)10(13)2/h4-5,9,15-16H,6-8H2,1-3H3. The number of benzene rings is 1. The molecule has 1 aromatic rings. The maximum Gasteiger partial charge on any atom is 0.240 e. The molecule has 0 aliphatic heterocycles. The smallest absolute Gasteiger partial charge is 0.240 e. The van der Waals surface area contributed by atoms with Gasteiger partial charge in [-0.25, -0.2) is 17.5 Å². The average Bonchev–Trinajstić information content (AvgIpc) is 2.39. The summed E-state index contributed by atoms with van der Waals surface area (Å²) in [4.78, 5) is -0.113. The second kappa shape index (κ2) is 7.40. The van der Waals surface area contributed by atoms with Crippen molar-refractivity contribution in [2.45, 2.75) is 25.3 Å². The van der Waals surface area contributed by atoms with Gasteiger partial charge in [0.15, 0.2) is 0 Å².